The van der Waals surface area contributed by atoms with E-state index >= 15 is 0 Å². The highest BCUT2D eigenvalue weighted by atomic mass is 35.5. The topological polar surface area (TPSA) is 584 Å². The Kier molecular flexibility index (Phi) is 53.3. The molecule has 16 rings (SSSR count). The molecule has 764 valence electrons. The molecule has 0 aromatic carbocycles. The lowest BCUT2D eigenvalue weighted by atomic mass is 9.84. The summed E-state index contributed by atoms with van der Waals surface area (Å²) < 4.78 is 158. The second kappa shape index (κ2) is 57.6. The third kappa shape index (κ3) is 41.0. The Hall–Kier alpha value is -8.10. The number of nitrogens with one attached hydrogen (secondary N) is 2. The van der Waals surface area contributed by atoms with Crippen LogP contribution in [-0.2, 0) is 41.9 Å². The number of hydrogen-bond acceptors (Lipinski definition) is 37. The number of halogens is 10. The lowest BCUT2D eigenvalue weighted by Crippen LogP contribution is -2.17. The van der Waals surface area contributed by atoms with Crippen molar-refractivity contribution in [3.63, 3.8) is 0 Å². The van der Waals surface area contributed by atoms with E-state index in [-0.39, 0.29) is 92.3 Å². The van der Waals surface area contributed by atoms with E-state index in [0.29, 0.717) is 52.1 Å². The molecule has 6 N–H and O–H groups in total. The van der Waals surface area contributed by atoms with E-state index < -0.39 is 123 Å². The van der Waals surface area contributed by atoms with Crippen molar-refractivity contribution >= 4 is 204 Å². The first-order chi connectivity index (χ1) is 62.5. The van der Waals surface area contributed by atoms with Crippen LogP contribution in [0.15, 0.2) is 88.3 Å². The van der Waals surface area contributed by atoms with E-state index in [1.54, 1.807) is 70.0 Å². The van der Waals surface area contributed by atoms with Crippen molar-refractivity contribution in [2.75, 3.05) is 36.1 Å². The van der Waals surface area contributed by atoms with Crippen LogP contribution >= 0.6 is 121 Å². The summed E-state index contributed by atoms with van der Waals surface area (Å²) in [4.78, 5) is 62.7. The minimum atomic E-state index is -4.74. The number of nitrogens with zero attached hydrogens (tertiary/aromatic N) is 22. The fraction of sp³-hybridized carbons (Fsp3) is 0.603. The van der Waals surface area contributed by atoms with E-state index in [4.69, 9.17) is 62.2 Å². The molecule has 7 fully saturated rings. The molecule has 136 heavy (non-hydrogen) atoms. The minimum absolute atomic E-state index is 0. The van der Waals surface area contributed by atoms with Crippen LogP contribution in [0.1, 0.15) is 221 Å². The quantitative estimate of drug-likeness (QED) is 0.00440. The molecule has 7 saturated carbocycles. The van der Waals surface area contributed by atoms with Crippen molar-refractivity contribution in [2.45, 2.75) is 275 Å². The third-order valence-electron chi connectivity index (χ3n) is 17.5. The van der Waals surface area contributed by atoms with Gasteiger partial charge < -0.3 is 21.1 Å². The molecule has 0 amide bonds. The van der Waals surface area contributed by atoms with E-state index in [0.717, 1.165) is 96.1 Å². The van der Waals surface area contributed by atoms with Gasteiger partial charge in [0.15, 0.2) is 10.1 Å². The minimum Gasteiger partial charge on any atom is -0.427 e. The molecule has 9 heterocycles. The second-order valence-corrected chi connectivity index (χ2v) is 41.3. The molecule has 0 saturated heterocycles. The fourth-order valence-electron chi connectivity index (χ4n) is 9.58. The van der Waals surface area contributed by atoms with Crippen LogP contribution in [0.2, 0.25) is 26.7 Å². The highest BCUT2D eigenvalue weighted by Gasteiger charge is 2.41. The van der Waals surface area contributed by atoms with Gasteiger partial charge in [0, 0.05) is 23.8 Å². The molecular formula is C73H112BCl4F6N25O18S9. The standard InChI is InChI=1S/C14H15ClF3N5O2S.C9H13N3O4S.C9H13N3O2S.C9H15N3O2S.C6H6ClN3O2.C6H7N3O2.C5HCl2F3N2.C3H7BO2.C3H3N3O2.C3H8S.4CH4S.2CH4/c1-7(2)26(24,25)12-10(6-23(22-12)8-3-4-8)20-11-9(14(16,17)18)5-19-13(15)21-11;1-6(2)17(15,16)9-8(12(13)14)5-11(10-9)7-3-4-7;1-6(2)15-9-8(12(13)14)5-11(10-9)7-3-4-7;1-6(2)15(13,14)9-8(10)5-12(11-9)7-3-4-7;7-6-5(10(11)12)3-9(8-6)4-1-2-4;10-9(11)6-3-7-8(4-6)5-1-2-5;6-3-2(5(8,9)10)1-11-4(7)12-3;5-4(6)3-1-2-3;7-6(8)3-1-4-5-2-3;1-3(2)4;4*1-2;;/h5-8H,3-4H2,1-2H3,(H,19,20,21);5-7H,3-4H2,1-2H3;5-7H,3-4H2,1-2H3;5-7H,3-4,10H2,1-2H3;3-4H,1-2H2;3-5H,1-2H2;1H;3,5-6H,1-2H2;1-2H,(H,4,5);3-4H,1-2H3;4*2H,1H3;2*1H4. The number of nitrogens with two attached hydrogens (primary N) is 1. The molecule has 0 radical (unpaired) electrons. The molecular weight excluding hydrogens is 2070 g/mol. The Morgan fingerprint density at radius 3 is 1.18 bits per heavy atom. The number of alkyl halides is 6. The molecule has 0 unspecified atom stereocenters. The Labute approximate surface area is 834 Å². The monoisotopic (exact) mass is 2180 g/mol. The number of nitro groups is 5. The van der Waals surface area contributed by atoms with Gasteiger partial charge in [0.1, 0.15) is 59.3 Å². The highest BCUT2D eigenvalue weighted by molar-refractivity contribution is 8.00. The Morgan fingerprint density at radius 2 is 0.838 bits per heavy atom. The lowest BCUT2D eigenvalue weighted by Gasteiger charge is -2.13. The summed E-state index contributed by atoms with van der Waals surface area (Å²) in [5.41, 5.74) is 3.28. The maximum Gasteiger partial charge on any atom is 0.454 e. The van der Waals surface area contributed by atoms with Crippen molar-refractivity contribution in [2.24, 2.45) is 0 Å². The molecule has 9 aromatic rings. The van der Waals surface area contributed by atoms with Crippen molar-refractivity contribution in [1.82, 2.24) is 88.8 Å². The lowest BCUT2D eigenvalue weighted by molar-refractivity contribution is -0.388. The van der Waals surface area contributed by atoms with Crippen LogP contribution < -0.4 is 11.1 Å². The van der Waals surface area contributed by atoms with Crippen molar-refractivity contribution < 1.29 is 86.3 Å². The third-order valence-corrected chi connectivity index (χ3v) is 25.6. The number of hydrogen-bond donors (Lipinski definition) is 10. The number of H-pyrrole nitrogens is 1. The number of anilines is 3. The molecule has 7 aliphatic rings. The summed E-state index contributed by atoms with van der Waals surface area (Å²) in [6.07, 6.45) is 24.9. The summed E-state index contributed by atoms with van der Waals surface area (Å²) in [6.45, 7) is 17.2. The number of thioether (sulfide) groups is 1. The van der Waals surface area contributed by atoms with Crippen LogP contribution in [-0.4, -0.2) is 207 Å². The summed E-state index contributed by atoms with van der Waals surface area (Å²) in [5.74, 6) is -0.418. The summed E-state index contributed by atoms with van der Waals surface area (Å²) >= 11 is 41.0. The van der Waals surface area contributed by atoms with Gasteiger partial charge in [0.25, 0.3) is 5.03 Å². The molecule has 9 aromatic heterocycles. The zero-order valence-corrected chi connectivity index (χ0v) is 85.0. The predicted molar refractivity (Wildman–Crippen MR) is 525 cm³/mol. The van der Waals surface area contributed by atoms with E-state index in [2.05, 4.69) is 129 Å². The van der Waals surface area contributed by atoms with Crippen LogP contribution in [0, 0.1) is 50.6 Å². The number of nitrogen functional groups attached to an aromatic ring is 1. The maximum absolute atomic E-state index is 13.2. The van der Waals surface area contributed by atoms with E-state index in [1.807, 2.05) is 27.7 Å². The fourth-order valence-corrected chi connectivity index (χ4v) is 14.3. The van der Waals surface area contributed by atoms with Crippen LogP contribution in [0.5, 0.6) is 0 Å². The van der Waals surface area contributed by atoms with Gasteiger partial charge in [-0.2, -0.15) is 130 Å². The molecule has 0 atom stereocenters. The maximum atomic E-state index is 13.2. The average Bonchev–Trinajstić information content (AvgIpc) is 1.62. The zero-order chi connectivity index (χ0) is 102. The van der Waals surface area contributed by atoms with Crippen molar-refractivity contribution in [3.05, 3.63) is 151 Å². The number of sulfone groups is 3. The van der Waals surface area contributed by atoms with Crippen molar-refractivity contribution in [1.29, 1.82) is 0 Å². The molecule has 0 aliphatic heterocycles. The molecule has 63 heteroatoms. The normalized spacial score (nSPS) is 14.4. The first-order valence-electron chi connectivity index (χ1n) is 40.0. The molecule has 7 aliphatic carbocycles. The van der Waals surface area contributed by atoms with Gasteiger partial charge in [-0.15, -0.1) is 0 Å². The molecule has 0 spiro atoms. The second-order valence-electron chi connectivity index (χ2n) is 30.0. The van der Waals surface area contributed by atoms with Gasteiger partial charge in [-0.3, -0.25) is 83.8 Å². The summed E-state index contributed by atoms with van der Waals surface area (Å²) in [6, 6.07) is 1.65. The smallest absolute Gasteiger partial charge is 0.427 e. The van der Waals surface area contributed by atoms with Gasteiger partial charge in [0.2, 0.25) is 50.3 Å². The summed E-state index contributed by atoms with van der Waals surface area (Å²) in [5, 5.41) is 97.9. The Morgan fingerprint density at radius 1 is 0.478 bits per heavy atom. The van der Waals surface area contributed by atoms with E-state index in [9.17, 15) is 102 Å². The largest absolute Gasteiger partial charge is 0.454 e. The zero-order valence-electron chi connectivity index (χ0n) is 74.2. The van der Waals surface area contributed by atoms with E-state index in [1.165, 1.54) is 86.0 Å². The highest BCUT2D eigenvalue weighted by Crippen LogP contribution is 2.44. The number of thiol groups is 5. The first kappa shape index (κ1) is 126. The van der Waals surface area contributed by atoms with Crippen LogP contribution in [0.3, 0.4) is 0 Å². The van der Waals surface area contributed by atoms with Gasteiger partial charge in [-0.25, -0.2) is 40.2 Å². The average molecular weight is 2180 g/mol. The van der Waals surface area contributed by atoms with Gasteiger partial charge >= 0.3 is 47.9 Å². The molecule has 0 bridgehead atoms. The van der Waals surface area contributed by atoms with Gasteiger partial charge in [-0.1, -0.05) is 90.4 Å². The van der Waals surface area contributed by atoms with Gasteiger partial charge in [-0.05, 0) is 178 Å². The van der Waals surface area contributed by atoms with Crippen LogP contribution in [0.4, 0.5) is 72.0 Å². The van der Waals surface area contributed by atoms with Gasteiger partial charge in [0.05, 0.1) is 100 Å². The number of aromatic nitrogens is 18. The number of rotatable bonds is 22. The van der Waals surface area contributed by atoms with Crippen LogP contribution in [0.25, 0.3) is 0 Å². The SMILES string of the molecule is C.C.CC(C)S.CC(C)S(=O)(=O)c1nn(C2CC2)cc1N.CC(C)S(=O)(=O)c1nn(C2CC2)cc1Nc1nc(Cl)ncc1C(F)(F)F.CC(C)S(=O)(=O)c1nn(C2CC2)cc1[N+](=O)[O-].CC(C)Sc1nn(C2CC2)cc1[N+](=O)[O-].CS.CS.CS.CS.FC(F)(F)c1cnc(Cl)nc1Cl.O=[N+]([O-])c1cn(C2CC2)nc1Cl.O=[N+]([O-])c1cn[nH]c1.O=[N+]([O-])c1cnn(C2CC2)c1.OB(O)C1CC1. The Balaban J connectivity index is 0.000000768. The summed E-state index contributed by atoms with van der Waals surface area (Å²) in [7, 11) is -11.9. The predicted octanol–water partition coefficient (Wildman–Crippen LogP) is 19.0. The molecule has 43 nitrogen and oxygen atoms in total. The Bertz CT molecular complexity index is 5620. The number of aromatic amines is 1. The first-order valence-corrected chi connectivity index (χ1v) is 51.1. The van der Waals surface area contributed by atoms with Crippen molar-refractivity contribution in [3.8, 4) is 0 Å².